The van der Waals surface area contributed by atoms with Crippen LogP contribution in [0.2, 0.25) is 0 Å². The van der Waals surface area contributed by atoms with E-state index in [1.807, 2.05) is 36.5 Å². The number of aromatic nitrogens is 6. The first-order chi connectivity index (χ1) is 20.0. The van der Waals surface area contributed by atoms with E-state index in [-0.39, 0.29) is 17.9 Å². The molecule has 2 saturated heterocycles. The molecule has 41 heavy (non-hydrogen) atoms. The predicted octanol–water partition coefficient (Wildman–Crippen LogP) is 5.08. The lowest BCUT2D eigenvalue weighted by Gasteiger charge is -2.34. The summed E-state index contributed by atoms with van der Waals surface area (Å²) in [6.45, 7) is 1.24. The van der Waals surface area contributed by atoms with Gasteiger partial charge < -0.3 is 14.9 Å². The number of benzene rings is 2. The molecule has 11 heteroatoms. The van der Waals surface area contributed by atoms with Crippen molar-refractivity contribution >= 4 is 28.3 Å². The fourth-order valence-corrected chi connectivity index (χ4v) is 6.31. The Kier molecular flexibility index (Phi) is 5.08. The van der Waals surface area contributed by atoms with Crippen LogP contribution in [0.4, 0.5) is 14.9 Å². The number of aromatic amines is 1. The van der Waals surface area contributed by atoms with Gasteiger partial charge in [0.15, 0.2) is 5.65 Å². The quantitative estimate of drug-likeness (QED) is 0.317. The van der Waals surface area contributed by atoms with E-state index in [4.69, 9.17) is 10.1 Å². The zero-order valence-corrected chi connectivity index (χ0v) is 21.6. The third-order valence-corrected chi connectivity index (χ3v) is 8.25. The summed E-state index contributed by atoms with van der Waals surface area (Å²) in [5.74, 6) is -0.376. The molecule has 2 unspecified atom stereocenters. The van der Waals surface area contributed by atoms with Gasteiger partial charge in [0, 0.05) is 59.9 Å². The van der Waals surface area contributed by atoms with Gasteiger partial charge in [-0.25, -0.2) is 18.7 Å². The zero-order valence-electron chi connectivity index (χ0n) is 21.6. The van der Waals surface area contributed by atoms with Crippen LogP contribution in [0, 0.1) is 5.82 Å². The minimum Gasteiger partial charge on any atom is -0.465 e. The number of halogens is 1. The number of nitrogens with zero attached hydrogens (tertiary/aromatic N) is 7. The second-order valence-corrected chi connectivity index (χ2v) is 10.5. The van der Waals surface area contributed by atoms with Gasteiger partial charge >= 0.3 is 6.09 Å². The number of fused-ring (bicyclic) bond motifs is 4. The standard InChI is InChI=1S/C30H23FN8O2/c31-24-6-5-22(23-14-33-35-28(23)24)26-27(18-7-10-32-11-8-18)36-39-12-9-25(34-29(26)39)17-1-3-19(4-2-17)37-15-21-13-20(37)16-38(21)30(40)41/h1-12,14,20-21H,13,15-16H2,(H,33,35)(H,40,41). The van der Waals surface area contributed by atoms with Crippen LogP contribution in [0.5, 0.6) is 0 Å². The van der Waals surface area contributed by atoms with Crippen molar-refractivity contribution in [3.63, 3.8) is 0 Å². The van der Waals surface area contributed by atoms with Crippen molar-refractivity contribution in [2.24, 2.45) is 0 Å². The molecule has 6 aromatic rings. The highest BCUT2D eigenvalue weighted by Gasteiger charge is 2.45. The van der Waals surface area contributed by atoms with E-state index in [0.717, 1.165) is 40.1 Å². The Morgan fingerprint density at radius 1 is 0.976 bits per heavy atom. The molecule has 1 amide bonds. The number of hydrogen-bond acceptors (Lipinski definition) is 6. The monoisotopic (exact) mass is 546 g/mol. The molecule has 2 aliphatic heterocycles. The largest absolute Gasteiger partial charge is 0.465 e. The lowest BCUT2D eigenvalue weighted by atomic mass is 9.98. The van der Waals surface area contributed by atoms with Crippen LogP contribution in [-0.2, 0) is 0 Å². The zero-order chi connectivity index (χ0) is 27.7. The van der Waals surface area contributed by atoms with Gasteiger partial charge in [-0.15, -0.1) is 0 Å². The molecule has 2 fully saturated rings. The number of amides is 1. The normalized spacial score (nSPS) is 18.2. The van der Waals surface area contributed by atoms with E-state index in [0.29, 0.717) is 35.3 Å². The van der Waals surface area contributed by atoms with Crippen molar-refractivity contribution in [2.75, 3.05) is 18.0 Å². The molecule has 202 valence electrons. The molecule has 6 heterocycles. The Morgan fingerprint density at radius 2 is 1.80 bits per heavy atom. The second kappa shape index (κ2) is 8.85. The van der Waals surface area contributed by atoms with E-state index in [1.54, 1.807) is 34.1 Å². The van der Waals surface area contributed by atoms with Crippen molar-refractivity contribution in [3.05, 3.63) is 85.2 Å². The number of hydrogen-bond donors (Lipinski definition) is 2. The average molecular weight is 547 g/mol. The molecule has 10 nitrogen and oxygen atoms in total. The maximum Gasteiger partial charge on any atom is 0.407 e. The van der Waals surface area contributed by atoms with Gasteiger partial charge in [-0.3, -0.25) is 10.1 Å². The lowest BCUT2D eigenvalue weighted by molar-refractivity contribution is 0.137. The molecule has 2 bridgehead atoms. The van der Waals surface area contributed by atoms with Gasteiger partial charge in [0.2, 0.25) is 0 Å². The van der Waals surface area contributed by atoms with Gasteiger partial charge in [0.25, 0.3) is 0 Å². The molecular weight excluding hydrogens is 523 g/mol. The van der Waals surface area contributed by atoms with E-state index in [9.17, 15) is 14.3 Å². The van der Waals surface area contributed by atoms with Gasteiger partial charge in [0.05, 0.1) is 23.5 Å². The molecule has 4 aromatic heterocycles. The van der Waals surface area contributed by atoms with Crippen LogP contribution in [0.3, 0.4) is 0 Å². The first kappa shape index (κ1) is 23.6. The third-order valence-electron chi connectivity index (χ3n) is 8.25. The molecule has 2 atom stereocenters. The second-order valence-electron chi connectivity index (χ2n) is 10.5. The first-order valence-corrected chi connectivity index (χ1v) is 13.3. The average Bonchev–Trinajstić information content (AvgIpc) is 3.81. The summed E-state index contributed by atoms with van der Waals surface area (Å²) < 4.78 is 16.3. The van der Waals surface area contributed by atoms with Crippen molar-refractivity contribution in [1.29, 1.82) is 0 Å². The van der Waals surface area contributed by atoms with Gasteiger partial charge in [-0.2, -0.15) is 10.2 Å². The summed E-state index contributed by atoms with van der Waals surface area (Å²) in [5, 5.41) is 21.8. The summed E-state index contributed by atoms with van der Waals surface area (Å²) in [6, 6.07) is 17.4. The number of likely N-dealkylation sites (tertiary alicyclic amines) is 1. The molecule has 0 radical (unpaired) electrons. The maximum atomic E-state index is 14.6. The van der Waals surface area contributed by atoms with Crippen LogP contribution in [0.1, 0.15) is 6.42 Å². The van der Waals surface area contributed by atoms with E-state index >= 15 is 0 Å². The van der Waals surface area contributed by atoms with Crippen LogP contribution in [-0.4, -0.2) is 71.1 Å². The van der Waals surface area contributed by atoms with Crippen molar-refractivity contribution in [2.45, 2.75) is 18.5 Å². The van der Waals surface area contributed by atoms with Gasteiger partial charge in [-0.1, -0.05) is 18.2 Å². The first-order valence-electron chi connectivity index (χ1n) is 13.3. The van der Waals surface area contributed by atoms with Crippen molar-refractivity contribution in [1.82, 2.24) is 34.7 Å². The molecule has 2 aliphatic rings. The highest BCUT2D eigenvalue weighted by Crippen LogP contribution is 2.39. The van der Waals surface area contributed by atoms with Gasteiger partial charge in [0.1, 0.15) is 17.0 Å². The smallest absolute Gasteiger partial charge is 0.407 e. The fourth-order valence-electron chi connectivity index (χ4n) is 6.31. The van der Waals surface area contributed by atoms with Crippen molar-refractivity contribution in [3.8, 4) is 33.6 Å². The summed E-state index contributed by atoms with van der Waals surface area (Å²) in [6.07, 6.45) is 6.96. The van der Waals surface area contributed by atoms with Crippen molar-refractivity contribution < 1.29 is 14.3 Å². The SMILES string of the molecule is O=C(O)N1CC2CC1CN2c1ccc(-c2ccn3nc(-c4ccncc4)c(-c4ccc(F)c5[nH]ncc45)c3n2)cc1. The van der Waals surface area contributed by atoms with Crippen LogP contribution in [0.25, 0.3) is 50.2 Å². The predicted molar refractivity (Wildman–Crippen MR) is 151 cm³/mol. The van der Waals surface area contributed by atoms with Crippen LogP contribution >= 0.6 is 0 Å². The molecule has 2 aromatic carbocycles. The Balaban J connectivity index is 1.21. The molecule has 0 aliphatic carbocycles. The molecule has 0 spiro atoms. The fraction of sp³-hybridized carbons (Fsp3) is 0.167. The number of H-pyrrole nitrogens is 1. The Labute approximate surface area is 232 Å². The molecule has 0 saturated carbocycles. The maximum absolute atomic E-state index is 14.6. The molecular formula is C30H23FN8O2. The number of anilines is 1. The summed E-state index contributed by atoms with van der Waals surface area (Å²) in [4.78, 5) is 24.5. The number of carboxylic acid groups (broad SMARTS) is 1. The topological polar surface area (TPSA) is 116 Å². The summed E-state index contributed by atoms with van der Waals surface area (Å²) >= 11 is 0. The minimum absolute atomic E-state index is 0.0456. The molecule has 8 rings (SSSR count). The highest BCUT2D eigenvalue weighted by molar-refractivity contribution is 6.03. The number of piperazine rings is 1. The number of nitrogens with one attached hydrogen (secondary N) is 1. The summed E-state index contributed by atoms with van der Waals surface area (Å²) in [5.41, 5.74) is 6.89. The van der Waals surface area contributed by atoms with E-state index < -0.39 is 6.09 Å². The Bertz CT molecular complexity index is 1950. The number of pyridine rings is 1. The Hall–Kier alpha value is -5.32. The molecule has 2 N–H and O–H groups in total. The number of rotatable bonds is 4. The minimum atomic E-state index is -0.838. The van der Waals surface area contributed by atoms with E-state index in [2.05, 4.69) is 32.2 Å². The summed E-state index contributed by atoms with van der Waals surface area (Å²) in [7, 11) is 0. The number of carbonyl (C=O) groups is 1. The lowest BCUT2D eigenvalue weighted by Crippen LogP contribution is -2.48. The van der Waals surface area contributed by atoms with Crippen LogP contribution in [0.15, 0.2) is 79.4 Å². The third kappa shape index (κ3) is 3.65. The Morgan fingerprint density at radius 3 is 2.56 bits per heavy atom. The van der Waals surface area contributed by atoms with Crippen LogP contribution < -0.4 is 4.90 Å². The van der Waals surface area contributed by atoms with E-state index in [1.165, 1.54) is 6.07 Å². The highest BCUT2D eigenvalue weighted by atomic mass is 19.1. The van der Waals surface area contributed by atoms with Gasteiger partial charge in [-0.05, 0) is 48.4 Å².